The van der Waals surface area contributed by atoms with Gasteiger partial charge in [0.1, 0.15) is 5.60 Å². The predicted molar refractivity (Wildman–Crippen MR) is 47.6 cm³/mol. The first-order valence-electron chi connectivity index (χ1n) is 4.29. The van der Waals surface area contributed by atoms with Gasteiger partial charge >= 0.3 is 5.97 Å². The van der Waals surface area contributed by atoms with Crippen LogP contribution >= 0.6 is 0 Å². The molecule has 0 aromatic heterocycles. The molecule has 0 aliphatic heterocycles. The van der Waals surface area contributed by atoms with Crippen LogP contribution in [0.15, 0.2) is 12.7 Å². The third-order valence-corrected chi connectivity index (χ3v) is 1.85. The lowest BCUT2D eigenvalue weighted by Crippen LogP contribution is -2.25. The van der Waals surface area contributed by atoms with Crippen molar-refractivity contribution in [2.24, 2.45) is 11.8 Å². The van der Waals surface area contributed by atoms with Gasteiger partial charge in [0.15, 0.2) is 0 Å². The first-order chi connectivity index (χ1) is 5.44. The molecule has 2 nitrogen and oxygen atoms in total. The molecule has 2 atom stereocenters. The van der Waals surface area contributed by atoms with Crippen molar-refractivity contribution in [2.45, 2.75) is 32.8 Å². The molecule has 1 saturated carbocycles. The standard InChI is InChI=1S/C10H16O2/c1-5-7-6-8(7)9(11)12-10(2,3)4/h5,7-8H,1,6H2,2-4H3/t7-,8+/m1/s1. The summed E-state index contributed by atoms with van der Waals surface area (Å²) in [5, 5.41) is 0. The molecule has 0 bridgehead atoms. The Bertz CT molecular complexity index is 200. The van der Waals surface area contributed by atoms with Crippen LogP contribution in [0, 0.1) is 11.8 Å². The molecule has 0 unspecified atom stereocenters. The summed E-state index contributed by atoms with van der Waals surface area (Å²) >= 11 is 0. The number of carbonyl (C=O) groups excluding carboxylic acids is 1. The topological polar surface area (TPSA) is 26.3 Å². The van der Waals surface area contributed by atoms with Crippen LogP contribution in [0.4, 0.5) is 0 Å². The van der Waals surface area contributed by atoms with Crippen molar-refractivity contribution < 1.29 is 9.53 Å². The van der Waals surface area contributed by atoms with Gasteiger partial charge in [-0.3, -0.25) is 4.79 Å². The Balaban J connectivity index is 2.36. The summed E-state index contributed by atoms with van der Waals surface area (Å²) in [7, 11) is 0. The Morgan fingerprint density at radius 3 is 2.50 bits per heavy atom. The summed E-state index contributed by atoms with van der Waals surface area (Å²) < 4.78 is 5.21. The Hall–Kier alpha value is -0.790. The van der Waals surface area contributed by atoms with Crippen molar-refractivity contribution in [3.63, 3.8) is 0 Å². The van der Waals surface area contributed by atoms with Gasteiger partial charge in [0.05, 0.1) is 5.92 Å². The summed E-state index contributed by atoms with van der Waals surface area (Å²) in [6.07, 6.45) is 2.74. The second-order valence-corrected chi connectivity index (χ2v) is 4.28. The molecular formula is C10H16O2. The average Bonchev–Trinajstić information content (AvgIpc) is 2.60. The van der Waals surface area contributed by atoms with Gasteiger partial charge in [-0.1, -0.05) is 6.08 Å². The van der Waals surface area contributed by atoms with E-state index in [0.29, 0.717) is 5.92 Å². The molecule has 0 radical (unpaired) electrons. The normalized spacial score (nSPS) is 27.9. The van der Waals surface area contributed by atoms with Crippen LogP contribution in [0.1, 0.15) is 27.2 Å². The molecule has 0 amide bonds. The number of hydrogen-bond acceptors (Lipinski definition) is 2. The Labute approximate surface area is 73.6 Å². The zero-order valence-electron chi connectivity index (χ0n) is 7.96. The lowest BCUT2D eigenvalue weighted by atomic mass is 10.2. The Kier molecular flexibility index (Phi) is 2.27. The van der Waals surface area contributed by atoms with Gasteiger partial charge in [-0.05, 0) is 33.1 Å². The third-order valence-electron chi connectivity index (χ3n) is 1.85. The van der Waals surface area contributed by atoms with E-state index in [0.717, 1.165) is 6.42 Å². The minimum Gasteiger partial charge on any atom is -0.460 e. The SMILES string of the molecule is C=C[C@@H]1C[C@@H]1C(=O)OC(C)(C)C. The first kappa shape index (κ1) is 9.30. The van der Waals surface area contributed by atoms with Crippen molar-refractivity contribution in [2.75, 3.05) is 0 Å². The number of allylic oxidation sites excluding steroid dienone is 1. The molecule has 1 aliphatic rings. The zero-order chi connectivity index (χ0) is 9.35. The minimum absolute atomic E-state index is 0.0765. The Morgan fingerprint density at radius 1 is 1.58 bits per heavy atom. The number of carbonyl (C=O) groups is 1. The lowest BCUT2D eigenvalue weighted by molar-refractivity contribution is -0.156. The van der Waals surface area contributed by atoms with Crippen molar-refractivity contribution in [3.8, 4) is 0 Å². The summed E-state index contributed by atoms with van der Waals surface area (Å²) in [6.45, 7) is 9.30. The van der Waals surface area contributed by atoms with E-state index in [1.54, 1.807) is 0 Å². The molecule has 0 heterocycles. The second kappa shape index (κ2) is 2.92. The molecule has 12 heavy (non-hydrogen) atoms. The van der Waals surface area contributed by atoms with E-state index in [-0.39, 0.29) is 17.5 Å². The van der Waals surface area contributed by atoms with Gasteiger partial charge in [0.25, 0.3) is 0 Å². The van der Waals surface area contributed by atoms with Crippen molar-refractivity contribution in [1.29, 1.82) is 0 Å². The fourth-order valence-corrected chi connectivity index (χ4v) is 1.12. The predicted octanol–water partition coefficient (Wildman–Crippen LogP) is 2.15. The average molecular weight is 168 g/mol. The van der Waals surface area contributed by atoms with E-state index in [2.05, 4.69) is 6.58 Å². The molecule has 0 N–H and O–H groups in total. The highest BCUT2D eigenvalue weighted by Gasteiger charge is 2.43. The van der Waals surface area contributed by atoms with Gasteiger partial charge in [0.2, 0.25) is 0 Å². The fourth-order valence-electron chi connectivity index (χ4n) is 1.12. The molecule has 1 fully saturated rings. The number of hydrogen-bond donors (Lipinski definition) is 0. The van der Waals surface area contributed by atoms with Gasteiger partial charge in [-0.25, -0.2) is 0 Å². The van der Waals surface area contributed by atoms with Crippen LogP contribution in [0.3, 0.4) is 0 Å². The maximum atomic E-state index is 11.3. The van der Waals surface area contributed by atoms with Gasteiger partial charge in [-0.15, -0.1) is 6.58 Å². The number of rotatable bonds is 2. The zero-order valence-corrected chi connectivity index (χ0v) is 7.96. The molecule has 0 spiro atoms. The van der Waals surface area contributed by atoms with Crippen LogP contribution in [-0.4, -0.2) is 11.6 Å². The number of ether oxygens (including phenoxy) is 1. The summed E-state index contributed by atoms with van der Waals surface area (Å²) in [6, 6.07) is 0. The maximum Gasteiger partial charge on any atom is 0.310 e. The van der Waals surface area contributed by atoms with Crippen LogP contribution in [0.5, 0.6) is 0 Å². The van der Waals surface area contributed by atoms with Gasteiger partial charge in [0, 0.05) is 0 Å². The second-order valence-electron chi connectivity index (χ2n) is 4.28. The highest BCUT2D eigenvalue weighted by molar-refractivity contribution is 5.76. The van der Waals surface area contributed by atoms with E-state index in [1.807, 2.05) is 26.8 Å². The Morgan fingerprint density at radius 2 is 2.17 bits per heavy atom. The monoisotopic (exact) mass is 168 g/mol. The van der Waals surface area contributed by atoms with E-state index < -0.39 is 0 Å². The van der Waals surface area contributed by atoms with E-state index in [1.165, 1.54) is 0 Å². The van der Waals surface area contributed by atoms with Crippen LogP contribution in [0.2, 0.25) is 0 Å². The van der Waals surface area contributed by atoms with Crippen LogP contribution in [0.25, 0.3) is 0 Å². The summed E-state index contributed by atoms with van der Waals surface area (Å²) in [5.74, 6) is 0.369. The molecular weight excluding hydrogens is 152 g/mol. The molecule has 0 saturated heterocycles. The summed E-state index contributed by atoms with van der Waals surface area (Å²) in [5.41, 5.74) is -0.356. The highest BCUT2D eigenvalue weighted by Crippen LogP contribution is 2.40. The van der Waals surface area contributed by atoms with Gasteiger partial charge < -0.3 is 4.74 Å². The lowest BCUT2D eigenvalue weighted by Gasteiger charge is -2.19. The van der Waals surface area contributed by atoms with Crippen molar-refractivity contribution >= 4 is 5.97 Å². The molecule has 2 heteroatoms. The third kappa shape index (κ3) is 2.36. The smallest absolute Gasteiger partial charge is 0.310 e. The highest BCUT2D eigenvalue weighted by atomic mass is 16.6. The molecule has 0 aromatic carbocycles. The minimum atomic E-state index is -0.356. The first-order valence-corrected chi connectivity index (χ1v) is 4.29. The largest absolute Gasteiger partial charge is 0.460 e. The molecule has 68 valence electrons. The fraction of sp³-hybridized carbons (Fsp3) is 0.700. The molecule has 0 aromatic rings. The van der Waals surface area contributed by atoms with E-state index in [9.17, 15) is 4.79 Å². The van der Waals surface area contributed by atoms with E-state index >= 15 is 0 Å². The maximum absolute atomic E-state index is 11.3. The number of esters is 1. The molecule has 1 rings (SSSR count). The van der Waals surface area contributed by atoms with Crippen LogP contribution in [-0.2, 0) is 9.53 Å². The molecule has 1 aliphatic carbocycles. The quantitative estimate of drug-likeness (QED) is 0.466. The van der Waals surface area contributed by atoms with Crippen molar-refractivity contribution in [3.05, 3.63) is 12.7 Å². The van der Waals surface area contributed by atoms with Crippen LogP contribution < -0.4 is 0 Å². The van der Waals surface area contributed by atoms with Crippen molar-refractivity contribution in [1.82, 2.24) is 0 Å². The van der Waals surface area contributed by atoms with Gasteiger partial charge in [-0.2, -0.15) is 0 Å². The summed E-state index contributed by atoms with van der Waals surface area (Å²) in [4.78, 5) is 11.3. The van der Waals surface area contributed by atoms with E-state index in [4.69, 9.17) is 4.74 Å².